The third-order valence-corrected chi connectivity index (χ3v) is 3.37. The smallest absolute Gasteiger partial charge is 0.276 e. The van der Waals surface area contributed by atoms with Crippen molar-refractivity contribution >= 4 is 11.8 Å². The average molecular weight is 328 g/mol. The minimum Gasteiger partial charge on any atom is -0.497 e. The number of aryl methyl sites for hydroxylation is 2. The molecule has 0 aromatic heterocycles. The molecule has 0 bridgehead atoms. The van der Waals surface area contributed by atoms with Crippen LogP contribution in [-0.4, -0.2) is 25.5 Å². The van der Waals surface area contributed by atoms with Gasteiger partial charge in [0.1, 0.15) is 11.5 Å². The van der Waals surface area contributed by atoms with Crippen LogP contribution in [0, 0.1) is 13.8 Å². The van der Waals surface area contributed by atoms with Crippen LogP contribution < -0.4 is 20.3 Å². The normalized spacial score (nSPS) is 9.96. The van der Waals surface area contributed by atoms with E-state index in [1.165, 1.54) is 0 Å². The fourth-order valence-corrected chi connectivity index (χ4v) is 2.12. The second-order valence-electron chi connectivity index (χ2n) is 5.28. The highest BCUT2D eigenvalue weighted by Gasteiger charge is 2.10. The Morgan fingerprint density at radius 1 is 0.958 bits per heavy atom. The second kappa shape index (κ2) is 8.01. The summed E-state index contributed by atoms with van der Waals surface area (Å²) in [7, 11) is 1.57. The van der Waals surface area contributed by atoms with Crippen molar-refractivity contribution in [2.45, 2.75) is 13.8 Å². The molecule has 0 fully saturated rings. The van der Waals surface area contributed by atoms with Gasteiger partial charge in [0.2, 0.25) is 0 Å². The number of hydrazine groups is 1. The molecule has 0 unspecified atom stereocenters. The zero-order valence-electron chi connectivity index (χ0n) is 13.9. The van der Waals surface area contributed by atoms with Gasteiger partial charge in [-0.25, -0.2) is 0 Å². The van der Waals surface area contributed by atoms with E-state index in [1.807, 2.05) is 26.0 Å². The number of methoxy groups -OCH3 is 1. The maximum atomic E-state index is 12.0. The Balaban J connectivity index is 1.80. The van der Waals surface area contributed by atoms with E-state index in [0.29, 0.717) is 17.1 Å². The monoisotopic (exact) mass is 328 g/mol. The van der Waals surface area contributed by atoms with Crippen LogP contribution in [-0.2, 0) is 4.79 Å². The molecular formula is C18H20N2O4. The fraction of sp³-hybridized carbons (Fsp3) is 0.222. The summed E-state index contributed by atoms with van der Waals surface area (Å²) >= 11 is 0. The number of hydrogen-bond acceptors (Lipinski definition) is 4. The van der Waals surface area contributed by atoms with Gasteiger partial charge in [-0.3, -0.25) is 20.4 Å². The zero-order valence-corrected chi connectivity index (χ0v) is 13.9. The molecule has 0 heterocycles. The molecule has 0 spiro atoms. The molecule has 2 aromatic carbocycles. The topological polar surface area (TPSA) is 76.7 Å². The molecule has 0 saturated heterocycles. The summed E-state index contributed by atoms with van der Waals surface area (Å²) in [4.78, 5) is 23.8. The molecule has 6 nitrogen and oxygen atoms in total. The summed E-state index contributed by atoms with van der Waals surface area (Å²) in [5.74, 6) is 0.411. The molecule has 24 heavy (non-hydrogen) atoms. The van der Waals surface area contributed by atoms with Crippen molar-refractivity contribution < 1.29 is 19.1 Å². The first kappa shape index (κ1) is 17.3. The van der Waals surface area contributed by atoms with Crippen LogP contribution in [0.25, 0.3) is 0 Å². The predicted molar refractivity (Wildman–Crippen MR) is 90.0 cm³/mol. The number of rotatable bonds is 5. The Hall–Kier alpha value is -3.02. The minimum absolute atomic E-state index is 0.209. The number of carbonyl (C=O) groups is 2. The Labute approximate surface area is 140 Å². The van der Waals surface area contributed by atoms with Gasteiger partial charge in [-0.2, -0.15) is 0 Å². The highest BCUT2D eigenvalue weighted by atomic mass is 16.5. The van der Waals surface area contributed by atoms with Gasteiger partial charge >= 0.3 is 0 Å². The molecule has 0 aliphatic carbocycles. The number of carbonyl (C=O) groups excluding carboxylic acids is 2. The van der Waals surface area contributed by atoms with Gasteiger partial charge in [0.15, 0.2) is 6.61 Å². The third-order valence-electron chi connectivity index (χ3n) is 3.37. The molecule has 126 valence electrons. The number of nitrogens with one attached hydrogen (secondary N) is 2. The summed E-state index contributed by atoms with van der Waals surface area (Å²) in [6.07, 6.45) is 0. The van der Waals surface area contributed by atoms with Crippen molar-refractivity contribution in [1.82, 2.24) is 10.9 Å². The van der Waals surface area contributed by atoms with Gasteiger partial charge in [0.05, 0.1) is 7.11 Å². The molecule has 0 aliphatic rings. The Bertz CT molecular complexity index is 726. The quantitative estimate of drug-likeness (QED) is 0.825. The maximum Gasteiger partial charge on any atom is 0.276 e. The van der Waals surface area contributed by atoms with E-state index in [9.17, 15) is 9.59 Å². The van der Waals surface area contributed by atoms with E-state index >= 15 is 0 Å². The van der Waals surface area contributed by atoms with Crippen molar-refractivity contribution in [3.05, 3.63) is 59.2 Å². The SMILES string of the molecule is COc1ccc(OCC(=O)NNC(=O)c2ccc(C)cc2C)cc1. The van der Waals surface area contributed by atoms with E-state index in [0.717, 1.165) is 11.1 Å². The maximum absolute atomic E-state index is 12.0. The number of benzene rings is 2. The van der Waals surface area contributed by atoms with E-state index in [2.05, 4.69) is 10.9 Å². The van der Waals surface area contributed by atoms with E-state index in [-0.39, 0.29) is 12.5 Å². The Morgan fingerprint density at radius 2 is 1.62 bits per heavy atom. The summed E-state index contributed by atoms with van der Waals surface area (Å²) in [5, 5.41) is 0. The molecule has 0 aliphatic heterocycles. The highest BCUT2D eigenvalue weighted by molar-refractivity contribution is 5.96. The van der Waals surface area contributed by atoms with Crippen molar-refractivity contribution in [1.29, 1.82) is 0 Å². The van der Waals surface area contributed by atoms with Gasteiger partial charge < -0.3 is 9.47 Å². The van der Waals surface area contributed by atoms with E-state index in [1.54, 1.807) is 37.4 Å². The lowest BCUT2D eigenvalue weighted by atomic mass is 10.1. The molecule has 0 atom stereocenters. The number of ether oxygens (including phenoxy) is 2. The van der Waals surface area contributed by atoms with Crippen LogP contribution >= 0.6 is 0 Å². The predicted octanol–water partition coefficient (Wildman–Crippen LogP) is 2.15. The van der Waals surface area contributed by atoms with Crippen LogP contribution in [0.3, 0.4) is 0 Å². The van der Waals surface area contributed by atoms with Crippen molar-refractivity contribution in [3.8, 4) is 11.5 Å². The molecule has 6 heteroatoms. The first-order chi connectivity index (χ1) is 11.5. The van der Waals surface area contributed by atoms with Gasteiger partial charge in [0.25, 0.3) is 11.8 Å². The summed E-state index contributed by atoms with van der Waals surface area (Å²) < 4.78 is 10.4. The Morgan fingerprint density at radius 3 is 2.25 bits per heavy atom. The van der Waals surface area contributed by atoms with Gasteiger partial charge in [-0.1, -0.05) is 17.7 Å². The van der Waals surface area contributed by atoms with Crippen molar-refractivity contribution in [2.75, 3.05) is 13.7 Å². The first-order valence-corrected chi connectivity index (χ1v) is 7.43. The lowest BCUT2D eigenvalue weighted by Crippen LogP contribution is -2.44. The molecule has 0 saturated carbocycles. The van der Waals surface area contributed by atoms with E-state index < -0.39 is 5.91 Å². The van der Waals surface area contributed by atoms with Gasteiger partial charge in [-0.05, 0) is 49.7 Å². The van der Waals surface area contributed by atoms with Crippen LogP contribution in [0.15, 0.2) is 42.5 Å². The van der Waals surface area contributed by atoms with Gasteiger partial charge in [0, 0.05) is 5.56 Å². The third kappa shape index (κ3) is 4.74. The summed E-state index contributed by atoms with van der Waals surface area (Å²) in [6.45, 7) is 3.59. The highest BCUT2D eigenvalue weighted by Crippen LogP contribution is 2.16. The van der Waals surface area contributed by atoms with E-state index in [4.69, 9.17) is 9.47 Å². The summed E-state index contributed by atoms with van der Waals surface area (Å²) in [6, 6.07) is 12.3. The van der Waals surface area contributed by atoms with Crippen molar-refractivity contribution in [2.24, 2.45) is 0 Å². The second-order valence-corrected chi connectivity index (χ2v) is 5.28. The Kier molecular flexibility index (Phi) is 5.78. The fourth-order valence-electron chi connectivity index (χ4n) is 2.12. The van der Waals surface area contributed by atoms with Crippen LogP contribution in [0.5, 0.6) is 11.5 Å². The molecule has 0 radical (unpaired) electrons. The average Bonchev–Trinajstić information content (AvgIpc) is 2.58. The van der Waals surface area contributed by atoms with Gasteiger partial charge in [-0.15, -0.1) is 0 Å². The number of hydrogen-bond donors (Lipinski definition) is 2. The lowest BCUT2D eigenvalue weighted by Gasteiger charge is -2.10. The standard InChI is InChI=1S/C18H20N2O4/c1-12-4-9-16(13(2)10-12)18(22)20-19-17(21)11-24-15-7-5-14(23-3)6-8-15/h4-10H,11H2,1-3H3,(H,19,21)(H,20,22). The molecular weight excluding hydrogens is 308 g/mol. The summed E-state index contributed by atoms with van der Waals surface area (Å²) in [5.41, 5.74) is 7.13. The zero-order chi connectivity index (χ0) is 17.5. The van der Waals surface area contributed by atoms with Crippen LogP contribution in [0.4, 0.5) is 0 Å². The molecule has 2 rings (SSSR count). The van der Waals surface area contributed by atoms with Crippen LogP contribution in [0.1, 0.15) is 21.5 Å². The first-order valence-electron chi connectivity index (χ1n) is 7.43. The van der Waals surface area contributed by atoms with Crippen molar-refractivity contribution in [3.63, 3.8) is 0 Å². The molecule has 2 N–H and O–H groups in total. The lowest BCUT2D eigenvalue weighted by molar-refractivity contribution is -0.123. The van der Waals surface area contributed by atoms with Crippen LogP contribution in [0.2, 0.25) is 0 Å². The largest absolute Gasteiger partial charge is 0.497 e. The molecule has 2 amide bonds. The molecule has 2 aromatic rings. The number of amides is 2. The minimum atomic E-state index is -0.455.